The van der Waals surface area contributed by atoms with Gasteiger partial charge in [0.1, 0.15) is 0 Å². The van der Waals surface area contributed by atoms with Crippen molar-refractivity contribution in [3.8, 4) is 0 Å². The number of rotatable bonds is 5. The van der Waals surface area contributed by atoms with E-state index in [2.05, 4.69) is 5.32 Å². The van der Waals surface area contributed by atoms with Crippen molar-refractivity contribution in [2.24, 2.45) is 5.92 Å². The van der Waals surface area contributed by atoms with Gasteiger partial charge in [0.05, 0.1) is 5.41 Å². The number of carbonyl (C=O) groups is 1. The number of aliphatic hydroxyl groups is 1. The van der Waals surface area contributed by atoms with Crippen LogP contribution >= 0.6 is 0 Å². The Morgan fingerprint density at radius 1 is 1.10 bits per heavy atom. The van der Waals surface area contributed by atoms with Gasteiger partial charge in [0, 0.05) is 19.1 Å². The molecule has 1 fully saturated rings. The van der Waals surface area contributed by atoms with E-state index in [-0.39, 0.29) is 18.4 Å². The highest BCUT2D eigenvalue weighted by atomic mass is 16.3. The molecular weight excluding hydrogens is 262 g/mol. The summed E-state index contributed by atoms with van der Waals surface area (Å²) in [6.45, 7) is 0.570. The Bertz CT molecular complexity index is 612. The average molecular weight is 281 g/mol. The number of carbonyl (C=O) groups excluding carboxylic acids is 1. The van der Waals surface area contributed by atoms with Crippen molar-refractivity contribution < 1.29 is 9.90 Å². The smallest absolute Gasteiger partial charge is 0.231 e. The number of amides is 1. The van der Waals surface area contributed by atoms with Gasteiger partial charge in [0.2, 0.25) is 5.91 Å². The Hall–Kier alpha value is -2.13. The monoisotopic (exact) mass is 281 g/mol. The molecule has 2 atom stereocenters. The second-order valence-corrected chi connectivity index (χ2v) is 5.59. The average Bonchev–Trinajstić information content (AvgIpc) is 3.30. The van der Waals surface area contributed by atoms with Crippen LogP contribution in [0.4, 0.5) is 0 Å². The van der Waals surface area contributed by atoms with Crippen molar-refractivity contribution in [1.82, 2.24) is 5.32 Å². The molecule has 3 heteroatoms. The highest BCUT2D eigenvalue weighted by Crippen LogP contribution is 2.54. The summed E-state index contributed by atoms with van der Waals surface area (Å²) < 4.78 is 0. The Morgan fingerprint density at radius 2 is 1.71 bits per heavy atom. The van der Waals surface area contributed by atoms with Crippen molar-refractivity contribution in [2.45, 2.75) is 18.4 Å². The Balaban J connectivity index is 1.75. The van der Waals surface area contributed by atoms with E-state index in [0.29, 0.717) is 13.0 Å². The first-order valence-corrected chi connectivity index (χ1v) is 7.26. The van der Waals surface area contributed by atoms with Crippen LogP contribution in [0.3, 0.4) is 0 Å². The predicted octanol–water partition coefficient (Wildman–Crippen LogP) is 2.25. The van der Waals surface area contributed by atoms with Gasteiger partial charge >= 0.3 is 0 Å². The van der Waals surface area contributed by atoms with Crippen molar-refractivity contribution in [2.75, 3.05) is 6.61 Å². The number of nitrogens with one attached hydrogen (secondary N) is 1. The lowest BCUT2D eigenvalue weighted by Crippen LogP contribution is -2.36. The number of benzene rings is 2. The standard InChI is InChI=1S/C18H19NO2/c20-13-16-11-18(16,15-9-5-2-6-10-15)17(21)19-12-14-7-3-1-4-8-14/h1-10,16,20H,11-13H2,(H,19,21)/t16-,18+/m0/s1. The van der Waals surface area contributed by atoms with Crippen LogP contribution in [0.5, 0.6) is 0 Å². The molecule has 0 aliphatic heterocycles. The van der Waals surface area contributed by atoms with Crippen LogP contribution in [0.25, 0.3) is 0 Å². The van der Waals surface area contributed by atoms with E-state index in [1.165, 1.54) is 0 Å². The van der Waals surface area contributed by atoms with Gasteiger partial charge in [0.15, 0.2) is 0 Å². The van der Waals surface area contributed by atoms with Crippen LogP contribution in [0.2, 0.25) is 0 Å². The Kier molecular flexibility index (Phi) is 3.76. The molecule has 2 aromatic rings. The lowest BCUT2D eigenvalue weighted by atomic mass is 9.92. The molecule has 1 aliphatic rings. The topological polar surface area (TPSA) is 49.3 Å². The van der Waals surface area contributed by atoms with Gasteiger partial charge in [-0.2, -0.15) is 0 Å². The van der Waals surface area contributed by atoms with Crippen LogP contribution in [0.1, 0.15) is 17.5 Å². The highest BCUT2D eigenvalue weighted by Gasteiger charge is 2.60. The molecule has 2 aromatic carbocycles. The molecule has 0 spiro atoms. The first-order chi connectivity index (χ1) is 10.3. The molecule has 2 N–H and O–H groups in total. The minimum Gasteiger partial charge on any atom is -0.396 e. The summed E-state index contributed by atoms with van der Waals surface area (Å²) in [5.74, 6) is 0.0345. The van der Waals surface area contributed by atoms with Gasteiger partial charge in [-0.1, -0.05) is 60.7 Å². The molecule has 1 amide bonds. The molecule has 1 saturated carbocycles. The van der Waals surface area contributed by atoms with E-state index in [1.54, 1.807) is 0 Å². The third-order valence-corrected chi connectivity index (χ3v) is 4.32. The molecule has 0 saturated heterocycles. The Labute approximate surface area is 124 Å². The van der Waals surface area contributed by atoms with Gasteiger partial charge in [0.25, 0.3) is 0 Å². The van der Waals surface area contributed by atoms with Crippen molar-refractivity contribution in [3.05, 3.63) is 71.8 Å². The minimum absolute atomic E-state index is 0.0107. The van der Waals surface area contributed by atoms with Gasteiger partial charge in [-0.05, 0) is 17.5 Å². The van der Waals surface area contributed by atoms with Gasteiger partial charge < -0.3 is 10.4 Å². The zero-order chi connectivity index (χ0) is 14.7. The van der Waals surface area contributed by atoms with Crippen molar-refractivity contribution in [3.63, 3.8) is 0 Å². The third-order valence-electron chi connectivity index (χ3n) is 4.32. The SMILES string of the molecule is O=C(NCc1ccccc1)[C@@]1(c2ccccc2)C[C@H]1CO. The fourth-order valence-corrected chi connectivity index (χ4v) is 2.98. The maximum Gasteiger partial charge on any atom is 0.231 e. The molecular formula is C18H19NO2. The van der Waals surface area contributed by atoms with E-state index in [1.807, 2.05) is 60.7 Å². The van der Waals surface area contributed by atoms with E-state index in [9.17, 15) is 9.90 Å². The molecule has 0 heterocycles. The van der Waals surface area contributed by atoms with E-state index in [0.717, 1.165) is 11.1 Å². The first kappa shape index (κ1) is 13.8. The number of aliphatic hydroxyl groups excluding tert-OH is 1. The summed E-state index contributed by atoms with van der Waals surface area (Å²) in [7, 11) is 0. The predicted molar refractivity (Wildman–Crippen MR) is 81.6 cm³/mol. The maximum absolute atomic E-state index is 12.6. The van der Waals surface area contributed by atoms with Gasteiger partial charge in [-0.3, -0.25) is 4.79 Å². The summed E-state index contributed by atoms with van der Waals surface area (Å²) in [4.78, 5) is 12.6. The second-order valence-electron chi connectivity index (χ2n) is 5.59. The van der Waals surface area contributed by atoms with Crippen molar-refractivity contribution >= 4 is 5.91 Å². The lowest BCUT2D eigenvalue weighted by molar-refractivity contribution is -0.124. The maximum atomic E-state index is 12.6. The van der Waals surface area contributed by atoms with E-state index >= 15 is 0 Å². The fourth-order valence-electron chi connectivity index (χ4n) is 2.98. The van der Waals surface area contributed by atoms with Crippen LogP contribution in [-0.4, -0.2) is 17.6 Å². The molecule has 108 valence electrons. The Morgan fingerprint density at radius 3 is 2.29 bits per heavy atom. The van der Waals surface area contributed by atoms with Gasteiger partial charge in [-0.15, -0.1) is 0 Å². The molecule has 0 radical (unpaired) electrons. The van der Waals surface area contributed by atoms with Crippen LogP contribution in [0, 0.1) is 5.92 Å². The minimum atomic E-state index is -0.551. The first-order valence-electron chi connectivity index (χ1n) is 7.26. The second kappa shape index (κ2) is 5.70. The molecule has 1 aliphatic carbocycles. The third kappa shape index (κ3) is 2.57. The highest BCUT2D eigenvalue weighted by molar-refractivity contribution is 5.92. The fraction of sp³-hybridized carbons (Fsp3) is 0.278. The largest absolute Gasteiger partial charge is 0.396 e. The van der Waals surface area contributed by atoms with E-state index < -0.39 is 5.41 Å². The molecule has 0 aromatic heterocycles. The molecule has 0 bridgehead atoms. The van der Waals surface area contributed by atoms with Crippen LogP contribution in [-0.2, 0) is 16.8 Å². The zero-order valence-corrected chi connectivity index (χ0v) is 11.8. The summed E-state index contributed by atoms with van der Waals surface area (Å²) in [6, 6.07) is 19.6. The summed E-state index contributed by atoms with van der Waals surface area (Å²) in [5, 5.41) is 12.5. The number of hydrogen-bond acceptors (Lipinski definition) is 2. The molecule has 21 heavy (non-hydrogen) atoms. The van der Waals surface area contributed by atoms with Crippen LogP contribution in [0.15, 0.2) is 60.7 Å². The number of hydrogen-bond donors (Lipinski definition) is 2. The quantitative estimate of drug-likeness (QED) is 0.883. The summed E-state index contributed by atoms with van der Waals surface area (Å²) >= 11 is 0. The van der Waals surface area contributed by atoms with Gasteiger partial charge in [-0.25, -0.2) is 0 Å². The van der Waals surface area contributed by atoms with Crippen LogP contribution < -0.4 is 5.32 Å². The zero-order valence-electron chi connectivity index (χ0n) is 11.8. The lowest BCUT2D eigenvalue weighted by Gasteiger charge is -2.17. The molecule has 3 rings (SSSR count). The normalized spacial score (nSPS) is 23.6. The molecule has 3 nitrogen and oxygen atoms in total. The molecule has 0 unspecified atom stereocenters. The van der Waals surface area contributed by atoms with E-state index in [4.69, 9.17) is 0 Å². The summed E-state index contributed by atoms with van der Waals surface area (Å²) in [5.41, 5.74) is 1.52. The summed E-state index contributed by atoms with van der Waals surface area (Å²) in [6.07, 6.45) is 0.716. The van der Waals surface area contributed by atoms with Crippen molar-refractivity contribution in [1.29, 1.82) is 0 Å².